The summed E-state index contributed by atoms with van der Waals surface area (Å²) in [6.07, 6.45) is 0. The molecule has 0 aliphatic rings. The predicted octanol–water partition coefficient (Wildman–Crippen LogP) is 1.92. The van der Waals surface area contributed by atoms with Crippen LogP contribution in [0.1, 0.15) is 25.0 Å². The first-order valence-corrected chi connectivity index (χ1v) is 6.88. The van der Waals surface area contributed by atoms with Crippen molar-refractivity contribution >= 4 is 0 Å². The number of rotatable bonds is 8. The summed E-state index contributed by atoms with van der Waals surface area (Å²) in [5.74, 6) is 0. The fraction of sp³-hybridized carbons (Fsp3) is 0.600. The maximum absolute atomic E-state index is 5.60. The molecule has 0 saturated carbocycles. The van der Waals surface area contributed by atoms with Crippen LogP contribution in [-0.4, -0.2) is 43.0 Å². The van der Waals surface area contributed by atoms with E-state index in [1.54, 1.807) is 0 Å². The lowest BCUT2D eigenvalue weighted by atomic mass is 10.1. The fourth-order valence-electron chi connectivity index (χ4n) is 2.02. The van der Waals surface area contributed by atoms with E-state index in [4.69, 9.17) is 5.73 Å². The minimum atomic E-state index is 0.623. The van der Waals surface area contributed by atoms with E-state index in [1.165, 1.54) is 11.1 Å². The maximum Gasteiger partial charge on any atom is 0.0231 e. The standard InChI is InChI=1S/C15H27N3/c1-4-18(5-2)11-10-17(3)13-15-8-6-14(12-16)7-9-15/h6-9H,4-5,10-13,16H2,1-3H3. The van der Waals surface area contributed by atoms with Crippen molar-refractivity contribution in [1.82, 2.24) is 9.80 Å². The van der Waals surface area contributed by atoms with Gasteiger partial charge in [-0.15, -0.1) is 0 Å². The average Bonchev–Trinajstić information content (AvgIpc) is 2.41. The van der Waals surface area contributed by atoms with E-state index >= 15 is 0 Å². The number of likely N-dealkylation sites (N-methyl/N-ethyl adjacent to an activating group) is 2. The van der Waals surface area contributed by atoms with Crippen LogP contribution >= 0.6 is 0 Å². The molecule has 3 heteroatoms. The Morgan fingerprint density at radius 2 is 1.50 bits per heavy atom. The molecular formula is C15H27N3. The molecule has 0 saturated heterocycles. The van der Waals surface area contributed by atoms with Crippen LogP contribution in [0.3, 0.4) is 0 Å². The highest BCUT2D eigenvalue weighted by Gasteiger charge is 2.03. The zero-order valence-corrected chi connectivity index (χ0v) is 12.0. The summed E-state index contributed by atoms with van der Waals surface area (Å²) >= 11 is 0. The van der Waals surface area contributed by atoms with E-state index < -0.39 is 0 Å². The normalized spacial score (nSPS) is 11.4. The Morgan fingerprint density at radius 1 is 0.944 bits per heavy atom. The number of benzene rings is 1. The smallest absolute Gasteiger partial charge is 0.0231 e. The van der Waals surface area contributed by atoms with Crippen LogP contribution in [0.15, 0.2) is 24.3 Å². The second-order valence-electron chi connectivity index (χ2n) is 4.79. The van der Waals surface area contributed by atoms with E-state index in [2.05, 4.69) is 55.0 Å². The first-order valence-electron chi connectivity index (χ1n) is 6.88. The fourth-order valence-corrected chi connectivity index (χ4v) is 2.02. The van der Waals surface area contributed by atoms with Crippen LogP contribution in [0.5, 0.6) is 0 Å². The molecule has 0 bridgehead atoms. The van der Waals surface area contributed by atoms with Gasteiger partial charge < -0.3 is 15.5 Å². The van der Waals surface area contributed by atoms with Crippen LogP contribution in [-0.2, 0) is 13.1 Å². The molecule has 2 N–H and O–H groups in total. The molecule has 102 valence electrons. The first kappa shape index (κ1) is 15.2. The zero-order chi connectivity index (χ0) is 13.4. The van der Waals surface area contributed by atoms with Gasteiger partial charge in [-0.05, 0) is 31.3 Å². The lowest BCUT2D eigenvalue weighted by Gasteiger charge is -2.23. The molecule has 0 spiro atoms. The van der Waals surface area contributed by atoms with Crippen molar-refractivity contribution in [2.45, 2.75) is 26.9 Å². The summed E-state index contributed by atoms with van der Waals surface area (Å²) in [6, 6.07) is 8.59. The SMILES string of the molecule is CCN(CC)CCN(C)Cc1ccc(CN)cc1. The zero-order valence-electron chi connectivity index (χ0n) is 12.0. The van der Waals surface area contributed by atoms with E-state index in [0.29, 0.717) is 6.54 Å². The van der Waals surface area contributed by atoms with Crippen LogP contribution in [0.4, 0.5) is 0 Å². The molecule has 0 aliphatic carbocycles. The predicted molar refractivity (Wildman–Crippen MR) is 78.5 cm³/mol. The quantitative estimate of drug-likeness (QED) is 0.764. The number of nitrogens with zero attached hydrogens (tertiary/aromatic N) is 2. The molecular weight excluding hydrogens is 222 g/mol. The summed E-state index contributed by atoms with van der Waals surface area (Å²) in [5, 5.41) is 0. The van der Waals surface area contributed by atoms with Crippen molar-refractivity contribution in [2.24, 2.45) is 5.73 Å². The highest BCUT2D eigenvalue weighted by Crippen LogP contribution is 2.06. The van der Waals surface area contributed by atoms with Gasteiger partial charge in [-0.3, -0.25) is 0 Å². The van der Waals surface area contributed by atoms with Gasteiger partial charge in [-0.1, -0.05) is 38.1 Å². The monoisotopic (exact) mass is 249 g/mol. The molecule has 1 aromatic carbocycles. The third kappa shape index (κ3) is 5.17. The van der Waals surface area contributed by atoms with Gasteiger partial charge in [0.1, 0.15) is 0 Å². The Morgan fingerprint density at radius 3 is 2.00 bits per heavy atom. The topological polar surface area (TPSA) is 32.5 Å². The van der Waals surface area contributed by atoms with Crippen molar-refractivity contribution in [3.8, 4) is 0 Å². The van der Waals surface area contributed by atoms with Gasteiger partial charge in [0, 0.05) is 26.2 Å². The maximum atomic E-state index is 5.60. The molecule has 0 aromatic heterocycles. The summed E-state index contributed by atoms with van der Waals surface area (Å²) in [6.45, 7) is 10.6. The van der Waals surface area contributed by atoms with Gasteiger partial charge in [-0.25, -0.2) is 0 Å². The van der Waals surface area contributed by atoms with Crippen molar-refractivity contribution in [3.05, 3.63) is 35.4 Å². The molecule has 0 fully saturated rings. The van der Waals surface area contributed by atoms with Gasteiger partial charge in [0.05, 0.1) is 0 Å². The third-order valence-electron chi connectivity index (χ3n) is 3.40. The summed E-state index contributed by atoms with van der Waals surface area (Å²) in [7, 11) is 2.18. The summed E-state index contributed by atoms with van der Waals surface area (Å²) < 4.78 is 0. The van der Waals surface area contributed by atoms with E-state index in [0.717, 1.165) is 32.7 Å². The van der Waals surface area contributed by atoms with Crippen LogP contribution in [0.2, 0.25) is 0 Å². The molecule has 1 rings (SSSR count). The van der Waals surface area contributed by atoms with E-state index in [9.17, 15) is 0 Å². The van der Waals surface area contributed by atoms with Crippen molar-refractivity contribution in [3.63, 3.8) is 0 Å². The molecule has 0 unspecified atom stereocenters. The summed E-state index contributed by atoms with van der Waals surface area (Å²) in [4.78, 5) is 4.82. The van der Waals surface area contributed by atoms with Crippen LogP contribution in [0, 0.1) is 0 Å². The third-order valence-corrected chi connectivity index (χ3v) is 3.40. The number of nitrogens with two attached hydrogens (primary N) is 1. The van der Waals surface area contributed by atoms with Crippen molar-refractivity contribution < 1.29 is 0 Å². The van der Waals surface area contributed by atoms with E-state index in [1.807, 2.05) is 0 Å². The van der Waals surface area contributed by atoms with Gasteiger partial charge in [0.25, 0.3) is 0 Å². The first-order chi connectivity index (χ1) is 8.69. The van der Waals surface area contributed by atoms with Gasteiger partial charge in [0.2, 0.25) is 0 Å². The average molecular weight is 249 g/mol. The molecule has 0 atom stereocenters. The molecule has 1 aromatic rings. The molecule has 0 aliphatic heterocycles. The Kier molecular flexibility index (Phi) is 6.94. The van der Waals surface area contributed by atoms with Gasteiger partial charge in [0.15, 0.2) is 0 Å². The number of hydrogen-bond donors (Lipinski definition) is 1. The second-order valence-corrected chi connectivity index (χ2v) is 4.79. The van der Waals surface area contributed by atoms with Gasteiger partial charge in [-0.2, -0.15) is 0 Å². The lowest BCUT2D eigenvalue weighted by molar-refractivity contribution is 0.236. The Hall–Kier alpha value is -0.900. The van der Waals surface area contributed by atoms with Crippen molar-refractivity contribution in [2.75, 3.05) is 33.2 Å². The molecule has 0 amide bonds. The summed E-state index contributed by atoms with van der Waals surface area (Å²) in [5.41, 5.74) is 8.15. The second kappa shape index (κ2) is 8.25. The highest BCUT2D eigenvalue weighted by molar-refractivity contribution is 5.22. The van der Waals surface area contributed by atoms with Crippen LogP contribution in [0.25, 0.3) is 0 Å². The molecule has 0 radical (unpaired) electrons. The minimum absolute atomic E-state index is 0.623. The van der Waals surface area contributed by atoms with Gasteiger partial charge >= 0.3 is 0 Å². The lowest BCUT2D eigenvalue weighted by Crippen LogP contribution is -2.32. The molecule has 0 heterocycles. The molecule has 3 nitrogen and oxygen atoms in total. The van der Waals surface area contributed by atoms with Crippen molar-refractivity contribution in [1.29, 1.82) is 0 Å². The number of hydrogen-bond acceptors (Lipinski definition) is 3. The molecule has 18 heavy (non-hydrogen) atoms. The Balaban J connectivity index is 2.36. The van der Waals surface area contributed by atoms with Crippen LogP contribution < -0.4 is 5.73 Å². The Labute approximate surface area is 112 Å². The largest absolute Gasteiger partial charge is 0.326 e. The minimum Gasteiger partial charge on any atom is -0.326 e. The Bertz CT molecular complexity index is 317. The van der Waals surface area contributed by atoms with E-state index in [-0.39, 0.29) is 0 Å². The highest BCUT2D eigenvalue weighted by atomic mass is 15.2.